The maximum absolute atomic E-state index is 15.1. The van der Waals surface area contributed by atoms with Gasteiger partial charge in [-0.2, -0.15) is 48.3 Å². The first-order chi connectivity index (χ1) is 15.0. The van der Waals surface area contributed by atoms with Crippen LogP contribution in [-0.4, -0.2) is 76.1 Å². The SMILES string of the molecule is C=CC(=O)OC1(F)C(F)(F)C2(O)C(F)(F)C(F)(CF)C(F)(F)C(OC(=O)C=C)(C1(F)F)C2(F)F. The first-order valence-corrected chi connectivity index (χ1v) is 8.23. The fourth-order valence-corrected chi connectivity index (χ4v) is 3.72. The number of ether oxygens (including phenoxy) is 2. The lowest BCUT2D eigenvalue weighted by molar-refractivity contribution is -0.577. The Bertz CT molecular complexity index is 952. The minimum absolute atomic E-state index is 0.459. The van der Waals surface area contributed by atoms with Gasteiger partial charge in [0.15, 0.2) is 0 Å². The lowest BCUT2D eigenvalue weighted by Gasteiger charge is -2.67. The number of aliphatic hydroxyl groups is 1. The highest BCUT2D eigenvalue weighted by Crippen LogP contribution is 2.79. The van der Waals surface area contributed by atoms with Gasteiger partial charge in [-0.25, -0.2) is 18.4 Å². The fraction of sp³-hybridized carbons (Fsp3) is 0.625. The van der Waals surface area contributed by atoms with Crippen LogP contribution in [0.5, 0.6) is 0 Å². The molecule has 0 spiro atoms. The van der Waals surface area contributed by atoms with Crippen molar-refractivity contribution in [3.63, 3.8) is 0 Å². The van der Waals surface area contributed by atoms with Crippen molar-refractivity contribution in [3.8, 4) is 0 Å². The first-order valence-electron chi connectivity index (χ1n) is 8.23. The number of rotatable bonds is 5. The first kappa shape index (κ1) is 27.7. The zero-order valence-corrected chi connectivity index (χ0v) is 15.8. The summed E-state index contributed by atoms with van der Waals surface area (Å²) in [5.74, 6) is -50.8. The van der Waals surface area contributed by atoms with E-state index in [1.54, 1.807) is 0 Å². The topological polar surface area (TPSA) is 72.8 Å². The molecule has 0 amide bonds. The van der Waals surface area contributed by atoms with E-state index in [-0.39, 0.29) is 0 Å². The Hall–Kier alpha value is -2.53. The van der Waals surface area contributed by atoms with Gasteiger partial charge in [-0.1, -0.05) is 13.2 Å². The Balaban J connectivity index is 3.32. The number of alkyl halides is 13. The molecule has 194 valence electrons. The molecule has 0 saturated heterocycles. The molecule has 4 atom stereocenters. The molecule has 0 aromatic carbocycles. The van der Waals surface area contributed by atoms with Gasteiger partial charge in [-0.15, -0.1) is 0 Å². The lowest BCUT2D eigenvalue weighted by atomic mass is 9.50. The van der Waals surface area contributed by atoms with Crippen LogP contribution < -0.4 is 0 Å². The standard InChI is InChI=1S/C16H9F13O5/c1-3-6(30)33-10-12(21,22)8(18,5-17)11(19,20)9(32,13(10,23)24)14(25,26)16(29,15(10,27)28)34-7(31)4-2/h3-4,32H,1-2,5H2. The Morgan fingerprint density at radius 2 is 1.09 bits per heavy atom. The van der Waals surface area contributed by atoms with Crippen molar-refractivity contribution >= 4 is 11.9 Å². The zero-order chi connectivity index (χ0) is 27.2. The highest BCUT2D eigenvalue weighted by molar-refractivity contribution is 5.83. The van der Waals surface area contributed by atoms with Crippen LogP contribution in [0.1, 0.15) is 0 Å². The van der Waals surface area contributed by atoms with Gasteiger partial charge in [0.25, 0.3) is 11.3 Å². The Morgan fingerprint density at radius 1 is 0.676 bits per heavy atom. The lowest BCUT2D eigenvalue weighted by Crippen LogP contribution is -3.02. The molecular weight excluding hydrogens is 519 g/mol. The van der Waals surface area contributed by atoms with Gasteiger partial charge in [0.1, 0.15) is 6.67 Å². The molecule has 0 heterocycles. The number of halogens is 13. The van der Waals surface area contributed by atoms with Gasteiger partial charge in [-0.3, -0.25) is 0 Å². The second-order valence-electron chi connectivity index (χ2n) is 7.04. The number of carbonyl (C=O) groups excluding carboxylic acids is 2. The van der Waals surface area contributed by atoms with E-state index in [9.17, 15) is 58.6 Å². The largest absolute Gasteiger partial charge is 0.436 e. The minimum Gasteiger partial charge on any atom is -0.436 e. The van der Waals surface area contributed by atoms with E-state index in [0.29, 0.717) is 0 Å². The molecule has 0 aliphatic heterocycles. The summed E-state index contributed by atoms with van der Waals surface area (Å²) in [7, 11) is 0. The fourth-order valence-electron chi connectivity index (χ4n) is 3.72. The number of esters is 2. The van der Waals surface area contributed by atoms with Crippen molar-refractivity contribution in [1.82, 2.24) is 0 Å². The van der Waals surface area contributed by atoms with Crippen LogP contribution in [0.4, 0.5) is 57.1 Å². The smallest absolute Gasteiger partial charge is 0.385 e. The van der Waals surface area contributed by atoms with Gasteiger partial charge in [0, 0.05) is 12.2 Å². The predicted molar refractivity (Wildman–Crippen MR) is 78.6 cm³/mol. The van der Waals surface area contributed by atoms with Crippen molar-refractivity contribution in [2.75, 3.05) is 6.67 Å². The summed E-state index contributed by atoms with van der Waals surface area (Å²) in [4.78, 5) is 22.6. The van der Waals surface area contributed by atoms with Gasteiger partial charge >= 0.3 is 53.0 Å². The van der Waals surface area contributed by atoms with E-state index in [1.807, 2.05) is 0 Å². The van der Waals surface area contributed by atoms with Crippen LogP contribution in [-0.2, 0) is 19.1 Å². The van der Waals surface area contributed by atoms with Gasteiger partial charge in [0.2, 0.25) is 0 Å². The third-order valence-corrected chi connectivity index (χ3v) is 5.51. The van der Waals surface area contributed by atoms with Crippen LogP contribution in [0.2, 0.25) is 0 Å². The Labute approximate surface area is 178 Å². The van der Waals surface area contributed by atoms with Crippen molar-refractivity contribution in [3.05, 3.63) is 25.3 Å². The quantitative estimate of drug-likeness (QED) is 0.337. The maximum Gasteiger partial charge on any atom is 0.385 e. The van der Waals surface area contributed by atoms with Crippen LogP contribution in [0.15, 0.2) is 25.3 Å². The number of hydrogen-bond acceptors (Lipinski definition) is 5. The van der Waals surface area contributed by atoms with Gasteiger partial charge in [-0.05, 0) is 0 Å². The molecule has 2 rings (SSSR count). The Kier molecular flexibility index (Phi) is 5.53. The molecule has 0 aromatic rings. The highest BCUT2D eigenvalue weighted by Gasteiger charge is 3.14. The summed E-state index contributed by atoms with van der Waals surface area (Å²) in [6, 6.07) is 0. The summed E-state index contributed by atoms with van der Waals surface area (Å²) in [6.07, 6.45) is -1.000. The Morgan fingerprint density at radius 3 is 1.47 bits per heavy atom. The van der Waals surface area contributed by atoms with Crippen molar-refractivity contribution in [2.24, 2.45) is 0 Å². The summed E-state index contributed by atoms with van der Waals surface area (Å²) in [6.45, 7) is 0.725. The van der Waals surface area contributed by atoms with Crippen molar-refractivity contribution in [1.29, 1.82) is 0 Å². The van der Waals surface area contributed by atoms with E-state index in [1.165, 1.54) is 0 Å². The summed E-state index contributed by atoms with van der Waals surface area (Å²) in [5.41, 5.74) is -21.5. The molecular formula is C16H9F13O5. The monoisotopic (exact) mass is 528 g/mol. The summed E-state index contributed by atoms with van der Waals surface area (Å²) < 4.78 is 197. The molecule has 0 aromatic heterocycles. The van der Waals surface area contributed by atoms with E-state index >= 15 is 13.2 Å². The molecule has 5 nitrogen and oxygen atoms in total. The normalized spacial score (nSPS) is 40.5. The summed E-state index contributed by atoms with van der Waals surface area (Å²) in [5, 5.41) is 9.69. The van der Waals surface area contributed by atoms with E-state index in [2.05, 4.69) is 22.6 Å². The average molecular weight is 528 g/mol. The average Bonchev–Trinajstić information content (AvgIpc) is 2.72. The molecule has 18 heteroatoms. The van der Waals surface area contributed by atoms with Gasteiger partial charge in [0.05, 0.1) is 0 Å². The van der Waals surface area contributed by atoms with Crippen molar-refractivity contribution in [2.45, 2.75) is 52.3 Å². The van der Waals surface area contributed by atoms with Crippen LogP contribution in [0, 0.1) is 0 Å². The molecule has 2 fully saturated rings. The van der Waals surface area contributed by atoms with Gasteiger partial charge < -0.3 is 14.6 Å². The van der Waals surface area contributed by atoms with E-state index in [0.717, 1.165) is 0 Å². The minimum atomic E-state index is -7.62. The van der Waals surface area contributed by atoms with E-state index < -0.39 is 83.1 Å². The van der Waals surface area contributed by atoms with Crippen LogP contribution in [0.25, 0.3) is 0 Å². The second-order valence-corrected chi connectivity index (χ2v) is 7.04. The number of hydrogen-bond donors (Lipinski definition) is 1. The third kappa shape index (κ3) is 2.19. The molecule has 34 heavy (non-hydrogen) atoms. The number of fused-ring (bicyclic) bond motifs is 2. The molecule has 2 saturated carbocycles. The van der Waals surface area contributed by atoms with Crippen LogP contribution >= 0.6 is 0 Å². The molecule has 4 unspecified atom stereocenters. The van der Waals surface area contributed by atoms with Crippen molar-refractivity contribution < 1.29 is 81.2 Å². The molecule has 1 N–H and O–H groups in total. The molecule has 2 aliphatic rings. The molecule has 2 bridgehead atoms. The summed E-state index contributed by atoms with van der Waals surface area (Å²) >= 11 is 0. The maximum atomic E-state index is 15.1. The molecule has 0 radical (unpaired) electrons. The predicted octanol–water partition coefficient (Wildman–Crippen LogP) is 3.46. The van der Waals surface area contributed by atoms with E-state index in [4.69, 9.17) is 0 Å². The van der Waals surface area contributed by atoms with Crippen LogP contribution in [0.3, 0.4) is 0 Å². The number of carbonyl (C=O) groups is 2. The zero-order valence-electron chi connectivity index (χ0n) is 15.8. The third-order valence-electron chi connectivity index (χ3n) is 5.51. The molecule has 2 aliphatic carbocycles. The highest BCUT2D eigenvalue weighted by atomic mass is 19.3. The second kappa shape index (κ2) is 6.78.